The SMILES string of the molecule is Cc1cccc(C)c1OCC(=O)NCCCCO. The average Bonchev–Trinajstić information content (AvgIpc) is 2.34. The van der Waals surface area contributed by atoms with E-state index in [0.717, 1.165) is 23.3 Å². The van der Waals surface area contributed by atoms with Gasteiger partial charge >= 0.3 is 0 Å². The van der Waals surface area contributed by atoms with E-state index in [1.165, 1.54) is 0 Å². The second kappa shape index (κ2) is 7.71. The molecular weight excluding hydrogens is 230 g/mol. The lowest BCUT2D eigenvalue weighted by molar-refractivity contribution is -0.123. The predicted molar refractivity (Wildman–Crippen MR) is 70.7 cm³/mol. The first-order valence-electron chi connectivity index (χ1n) is 6.21. The van der Waals surface area contributed by atoms with Gasteiger partial charge in [0.2, 0.25) is 0 Å². The zero-order valence-electron chi connectivity index (χ0n) is 11.0. The fourth-order valence-electron chi connectivity index (χ4n) is 1.68. The van der Waals surface area contributed by atoms with E-state index in [2.05, 4.69) is 5.32 Å². The first-order chi connectivity index (χ1) is 8.65. The predicted octanol–water partition coefficient (Wildman–Crippen LogP) is 1.57. The number of carbonyl (C=O) groups excluding carboxylic acids is 1. The number of para-hydroxylation sites is 1. The standard InChI is InChI=1S/C14H21NO3/c1-11-6-5-7-12(2)14(11)18-10-13(17)15-8-3-4-9-16/h5-7,16H,3-4,8-10H2,1-2H3,(H,15,17). The van der Waals surface area contributed by atoms with Gasteiger partial charge in [-0.2, -0.15) is 0 Å². The molecule has 1 aromatic rings. The molecule has 0 aromatic heterocycles. The number of hydrogen-bond donors (Lipinski definition) is 2. The van der Waals surface area contributed by atoms with E-state index >= 15 is 0 Å². The zero-order valence-corrected chi connectivity index (χ0v) is 11.0. The van der Waals surface area contributed by atoms with Crippen LogP contribution in [0.15, 0.2) is 18.2 Å². The van der Waals surface area contributed by atoms with E-state index in [9.17, 15) is 4.79 Å². The zero-order chi connectivity index (χ0) is 13.4. The largest absolute Gasteiger partial charge is 0.483 e. The first kappa shape index (κ1) is 14.5. The maximum absolute atomic E-state index is 11.5. The topological polar surface area (TPSA) is 58.6 Å². The van der Waals surface area contributed by atoms with Crippen molar-refractivity contribution in [3.8, 4) is 5.75 Å². The van der Waals surface area contributed by atoms with E-state index in [1.807, 2.05) is 32.0 Å². The molecule has 0 saturated carbocycles. The summed E-state index contributed by atoms with van der Waals surface area (Å²) in [5.41, 5.74) is 2.06. The van der Waals surface area contributed by atoms with Crippen molar-refractivity contribution < 1.29 is 14.6 Å². The van der Waals surface area contributed by atoms with Crippen LogP contribution >= 0.6 is 0 Å². The van der Waals surface area contributed by atoms with Crippen molar-refractivity contribution in [2.24, 2.45) is 0 Å². The summed E-state index contributed by atoms with van der Waals surface area (Å²) in [5, 5.41) is 11.4. The minimum absolute atomic E-state index is 0.0326. The van der Waals surface area contributed by atoms with Gasteiger partial charge in [-0.1, -0.05) is 18.2 Å². The molecule has 0 atom stereocenters. The van der Waals surface area contributed by atoms with Gasteiger partial charge in [-0.3, -0.25) is 4.79 Å². The van der Waals surface area contributed by atoms with E-state index < -0.39 is 0 Å². The number of aliphatic hydroxyl groups excluding tert-OH is 1. The monoisotopic (exact) mass is 251 g/mol. The van der Waals surface area contributed by atoms with Crippen LogP contribution in [0, 0.1) is 13.8 Å². The smallest absolute Gasteiger partial charge is 0.257 e. The van der Waals surface area contributed by atoms with Gasteiger partial charge in [-0.05, 0) is 37.8 Å². The molecule has 0 bridgehead atoms. The molecule has 4 nitrogen and oxygen atoms in total. The highest BCUT2D eigenvalue weighted by molar-refractivity contribution is 5.77. The van der Waals surface area contributed by atoms with Gasteiger partial charge in [0.25, 0.3) is 5.91 Å². The Balaban J connectivity index is 2.34. The molecule has 0 aliphatic rings. The van der Waals surface area contributed by atoms with Gasteiger partial charge in [0.15, 0.2) is 6.61 Å². The molecular formula is C14H21NO3. The van der Waals surface area contributed by atoms with Gasteiger partial charge in [0.05, 0.1) is 0 Å². The van der Waals surface area contributed by atoms with E-state index in [1.54, 1.807) is 0 Å². The van der Waals surface area contributed by atoms with E-state index in [4.69, 9.17) is 9.84 Å². The molecule has 0 aliphatic carbocycles. The highest BCUT2D eigenvalue weighted by Gasteiger charge is 2.06. The summed E-state index contributed by atoms with van der Waals surface area (Å²) in [6.07, 6.45) is 1.49. The molecule has 2 N–H and O–H groups in total. The Labute approximate surface area is 108 Å². The van der Waals surface area contributed by atoms with Crippen LogP contribution in [0.3, 0.4) is 0 Å². The summed E-state index contributed by atoms with van der Waals surface area (Å²) in [4.78, 5) is 11.5. The lowest BCUT2D eigenvalue weighted by Crippen LogP contribution is -2.30. The fourth-order valence-corrected chi connectivity index (χ4v) is 1.68. The molecule has 4 heteroatoms. The van der Waals surface area contributed by atoms with Crippen molar-refractivity contribution in [2.75, 3.05) is 19.8 Å². The number of benzene rings is 1. The van der Waals surface area contributed by atoms with Crippen LogP contribution in [0.2, 0.25) is 0 Å². The normalized spacial score (nSPS) is 10.2. The van der Waals surface area contributed by atoms with Crippen molar-refractivity contribution in [1.82, 2.24) is 5.32 Å². The van der Waals surface area contributed by atoms with Crippen LogP contribution in [0.25, 0.3) is 0 Å². The number of amides is 1. The van der Waals surface area contributed by atoms with Gasteiger partial charge in [0, 0.05) is 13.2 Å². The van der Waals surface area contributed by atoms with Crippen LogP contribution in [-0.2, 0) is 4.79 Å². The number of ether oxygens (including phenoxy) is 1. The lowest BCUT2D eigenvalue weighted by atomic mass is 10.1. The number of nitrogens with one attached hydrogen (secondary N) is 1. The molecule has 0 spiro atoms. The van der Waals surface area contributed by atoms with Gasteiger partial charge < -0.3 is 15.2 Å². The van der Waals surface area contributed by atoms with Crippen LogP contribution in [0.4, 0.5) is 0 Å². The van der Waals surface area contributed by atoms with E-state index in [-0.39, 0.29) is 19.1 Å². The quantitative estimate of drug-likeness (QED) is 0.723. The minimum Gasteiger partial charge on any atom is -0.483 e. The highest BCUT2D eigenvalue weighted by atomic mass is 16.5. The van der Waals surface area contributed by atoms with E-state index in [0.29, 0.717) is 13.0 Å². The third-order valence-corrected chi connectivity index (χ3v) is 2.66. The minimum atomic E-state index is -0.129. The van der Waals surface area contributed by atoms with Crippen LogP contribution in [0.5, 0.6) is 5.75 Å². The average molecular weight is 251 g/mol. The Morgan fingerprint density at radius 1 is 1.28 bits per heavy atom. The second-order valence-corrected chi connectivity index (χ2v) is 4.29. The molecule has 1 amide bonds. The Bertz CT molecular complexity index is 370. The maximum Gasteiger partial charge on any atom is 0.257 e. The van der Waals surface area contributed by atoms with Crippen molar-refractivity contribution in [3.05, 3.63) is 29.3 Å². The number of unbranched alkanes of at least 4 members (excludes halogenated alkanes) is 1. The first-order valence-corrected chi connectivity index (χ1v) is 6.21. The summed E-state index contributed by atoms with van der Waals surface area (Å²) in [7, 11) is 0. The summed E-state index contributed by atoms with van der Waals surface area (Å²) >= 11 is 0. The fraction of sp³-hybridized carbons (Fsp3) is 0.500. The molecule has 0 unspecified atom stereocenters. The summed E-state index contributed by atoms with van der Waals surface area (Å²) in [5.74, 6) is 0.651. The number of rotatable bonds is 7. The van der Waals surface area contributed by atoms with Crippen LogP contribution < -0.4 is 10.1 Å². The van der Waals surface area contributed by atoms with Crippen molar-refractivity contribution in [1.29, 1.82) is 0 Å². The molecule has 1 rings (SSSR count). The van der Waals surface area contributed by atoms with Gasteiger partial charge in [0.1, 0.15) is 5.75 Å². The van der Waals surface area contributed by atoms with Gasteiger partial charge in [-0.15, -0.1) is 0 Å². The summed E-state index contributed by atoms with van der Waals surface area (Å²) < 4.78 is 5.52. The summed E-state index contributed by atoms with van der Waals surface area (Å²) in [6.45, 7) is 4.69. The number of hydrogen-bond acceptors (Lipinski definition) is 3. The Hall–Kier alpha value is -1.55. The van der Waals surface area contributed by atoms with Crippen LogP contribution in [-0.4, -0.2) is 30.8 Å². The third-order valence-electron chi connectivity index (χ3n) is 2.66. The summed E-state index contributed by atoms with van der Waals surface area (Å²) in [6, 6.07) is 5.88. The number of aliphatic hydroxyl groups is 1. The Morgan fingerprint density at radius 2 is 1.94 bits per heavy atom. The third kappa shape index (κ3) is 4.75. The molecule has 0 saturated heterocycles. The molecule has 0 fully saturated rings. The van der Waals surface area contributed by atoms with Gasteiger partial charge in [-0.25, -0.2) is 0 Å². The maximum atomic E-state index is 11.5. The van der Waals surface area contributed by atoms with Crippen molar-refractivity contribution >= 4 is 5.91 Å². The highest BCUT2D eigenvalue weighted by Crippen LogP contribution is 2.21. The molecule has 0 heterocycles. The Morgan fingerprint density at radius 3 is 2.56 bits per heavy atom. The lowest BCUT2D eigenvalue weighted by Gasteiger charge is -2.11. The Kier molecular flexibility index (Phi) is 6.22. The molecule has 18 heavy (non-hydrogen) atoms. The molecule has 1 aromatic carbocycles. The van der Waals surface area contributed by atoms with Crippen molar-refractivity contribution in [3.63, 3.8) is 0 Å². The number of carbonyl (C=O) groups is 1. The van der Waals surface area contributed by atoms with Crippen LogP contribution in [0.1, 0.15) is 24.0 Å². The molecule has 0 radical (unpaired) electrons. The second-order valence-electron chi connectivity index (χ2n) is 4.29. The molecule has 100 valence electrons. The van der Waals surface area contributed by atoms with Crippen molar-refractivity contribution in [2.45, 2.75) is 26.7 Å². The molecule has 0 aliphatic heterocycles. The number of aryl methyl sites for hydroxylation is 2.